The van der Waals surface area contributed by atoms with E-state index in [9.17, 15) is 0 Å². The van der Waals surface area contributed by atoms with Crippen LogP contribution >= 0.6 is 45.3 Å². The zero-order chi connectivity index (χ0) is 36.7. The van der Waals surface area contributed by atoms with Crippen molar-refractivity contribution in [1.82, 2.24) is 0 Å². The molecule has 0 saturated carbocycles. The number of rotatable bonds is 6. The zero-order valence-corrected chi connectivity index (χ0v) is 31.9. The first-order chi connectivity index (χ1) is 23.8. The van der Waals surface area contributed by atoms with E-state index in [1.54, 1.807) is 35.0 Å². The lowest BCUT2D eigenvalue weighted by atomic mass is 9.86. The molecule has 7 rings (SSSR count). The summed E-state index contributed by atoms with van der Waals surface area (Å²) in [7, 11) is 0. The molecular weight excluding hydrogens is 735 g/mol. The lowest BCUT2D eigenvalue weighted by Gasteiger charge is -2.25. The Bertz CT molecular complexity index is 2060. The van der Waals surface area contributed by atoms with Gasteiger partial charge in [0.2, 0.25) is 0 Å². The smallest absolute Gasteiger partial charge is 0.194 e. The van der Waals surface area contributed by atoms with Crippen molar-refractivity contribution in [3.63, 3.8) is 0 Å². The Hall–Kier alpha value is -3.44. The van der Waals surface area contributed by atoms with E-state index in [0.717, 1.165) is 33.8 Å². The Balaban J connectivity index is 1.51. The van der Waals surface area contributed by atoms with E-state index in [4.69, 9.17) is 0 Å². The van der Waals surface area contributed by atoms with Crippen molar-refractivity contribution in [2.45, 2.75) is 70.1 Å². The molecule has 0 radical (unpaired) electrons. The number of thiophene rings is 4. The van der Waals surface area contributed by atoms with Gasteiger partial charge in [-0.15, -0.1) is 45.3 Å². The second-order valence-electron chi connectivity index (χ2n) is 14.8. The monoisotopic (exact) mass is 768 g/mol. The molecule has 264 valence electrons. The maximum Gasteiger partial charge on any atom is 0.380 e. The number of benzene rings is 2. The molecule has 4 heterocycles. The van der Waals surface area contributed by atoms with E-state index in [0.29, 0.717) is 30.6 Å². The van der Waals surface area contributed by atoms with Gasteiger partial charge in [-0.1, -0.05) is 102 Å². The first-order valence-corrected chi connectivity index (χ1v) is 19.7. The molecule has 2 aromatic carbocycles. The molecule has 1 aliphatic rings. The third-order valence-corrected chi connectivity index (χ3v) is 13.7. The lowest BCUT2D eigenvalue weighted by Crippen LogP contribution is -2.48. The van der Waals surface area contributed by atoms with Crippen molar-refractivity contribution in [3.05, 3.63) is 118 Å². The summed E-state index contributed by atoms with van der Waals surface area (Å²) in [6.07, 6.45) is 0. The fourth-order valence-electron chi connectivity index (χ4n) is 6.32. The standard InChI is InChI=1S/C41H34F6S4/c1-37(2,3)25-15-11-23(12-16-25)31-21-27(35(50-31)29-9-7-19-48-29)33-34(40(44,45)41(46,47)39(33,42)43)28-22-32(51-36(28)30-10-8-20-49-30)24-13-17-26(18-14-24)38(4,5)6/h7-22H,1-6H3. The molecule has 0 aliphatic heterocycles. The van der Waals surface area contributed by atoms with Crippen molar-refractivity contribution in [2.24, 2.45) is 0 Å². The summed E-state index contributed by atoms with van der Waals surface area (Å²) in [5.74, 6) is -16.1. The van der Waals surface area contributed by atoms with Crippen molar-refractivity contribution in [2.75, 3.05) is 0 Å². The molecule has 0 amide bonds. The largest absolute Gasteiger partial charge is 0.380 e. The highest BCUT2D eigenvalue weighted by Crippen LogP contribution is 2.67. The Morgan fingerprint density at radius 1 is 0.471 bits per heavy atom. The van der Waals surface area contributed by atoms with Gasteiger partial charge in [0.1, 0.15) is 0 Å². The van der Waals surface area contributed by atoms with E-state index in [2.05, 4.69) is 41.5 Å². The van der Waals surface area contributed by atoms with E-state index >= 15 is 26.3 Å². The van der Waals surface area contributed by atoms with Crippen LogP contribution in [0.4, 0.5) is 26.3 Å². The first kappa shape index (κ1) is 35.9. The Morgan fingerprint density at radius 2 is 0.824 bits per heavy atom. The highest BCUT2D eigenvalue weighted by Gasteiger charge is 2.80. The molecule has 0 spiro atoms. The van der Waals surface area contributed by atoms with Gasteiger partial charge >= 0.3 is 17.8 Å². The summed E-state index contributed by atoms with van der Waals surface area (Å²) < 4.78 is 97.2. The van der Waals surface area contributed by atoms with Gasteiger partial charge in [-0.2, -0.15) is 26.3 Å². The number of hydrogen-bond donors (Lipinski definition) is 0. The third-order valence-electron chi connectivity index (χ3n) is 9.23. The van der Waals surface area contributed by atoms with Gasteiger partial charge in [0, 0.05) is 41.8 Å². The summed E-state index contributed by atoms with van der Waals surface area (Å²) in [6.45, 7) is 12.4. The number of alkyl halides is 6. The van der Waals surface area contributed by atoms with Crippen molar-refractivity contribution in [3.8, 4) is 40.4 Å². The molecule has 0 saturated heterocycles. The van der Waals surface area contributed by atoms with Gasteiger partial charge in [0.05, 0.1) is 9.75 Å². The fourth-order valence-corrected chi connectivity index (χ4v) is 10.4. The SMILES string of the molecule is CC(C)(C)c1ccc(-c2cc(C3=C(c4cc(-c5ccc(C(C)(C)C)cc5)sc4-c4cccs4)C(F)(F)C(F)(F)C3(F)F)c(-c3cccs3)s2)cc1. The molecule has 1 aliphatic carbocycles. The number of hydrogen-bond acceptors (Lipinski definition) is 4. The van der Waals surface area contributed by atoms with Gasteiger partial charge in [-0.3, -0.25) is 0 Å². The average molecular weight is 769 g/mol. The zero-order valence-electron chi connectivity index (χ0n) is 28.6. The molecular formula is C41H34F6S4. The molecule has 0 N–H and O–H groups in total. The summed E-state index contributed by atoms with van der Waals surface area (Å²) in [5.41, 5.74) is -0.116. The number of allylic oxidation sites excluding steroid dienone is 2. The first-order valence-electron chi connectivity index (χ1n) is 16.3. The van der Waals surface area contributed by atoms with Crippen molar-refractivity contribution in [1.29, 1.82) is 0 Å². The molecule has 6 aromatic rings. The van der Waals surface area contributed by atoms with E-state index in [1.807, 2.05) is 48.5 Å². The van der Waals surface area contributed by atoms with Crippen molar-refractivity contribution < 1.29 is 26.3 Å². The Kier molecular flexibility index (Phi) is 8.68. The predicted octanol–water partition coefficient (Wildman–Crippen LogP) is 15.0. The van der Waals surface area contributed by atoms with Crippen LogP contribution in [-0.4, -0.2) is 17.8 Å². The molecule has 0 fully saturated rings. The summed E-state index contributed by atoms with van der Waals surface area (Å²) in [5, 5.41) is 3.49. The van der Waals surface area contributed by atoms with E-state index < -0.39 is 28.9 Å². The van der Waals surface area contributed by atoms with Crippen LogP contribution in [0.15, 0.2) is 95.7 Å². The van der Waals surface area contributed by atoms with E-state index in [-0.39, 0.29) is 31.7 Å². The van der Waals surface area contributed by atoms with Crippen LogP contribution in [-0.2, 0) is 10.8 Å². The minimum absolute atomic E-state index is 0.141. The minimum Gasteiger partial charge on any atom is -0.194 e. The van der Waals surface area contributed by atoms with Crippen LogP contribution in [0.3, 0.4) is 0 Å². The Labute approximate surface area is 309 Å². The Morgan fingerprint density at radius 3 is 1.12 bits per heavy atom. The molecule has 0 atom stereocenters. The van der Waals surface area contributed by atoms with E-state index in [1.165, 1.54) is 34.8 Å². The van der Waals surface area contributed by atoms with Crippen LogP contribution in [0.5, 0.6) is 0 Å². The molecule has 51 heavy (non-hydrogen) atoms. The molecule has 4 aromatic heterocycles. The second-order valence-corrected chi connectivity index (χ2v) is 18.8. The predicted molar refractivity (Wildman–Crippen MR) is 205 cm³/mol. The third kappa shape index (κ3) is 5.96. The molecule has 0 bridgehead atoms. The highest BCUT2D eigenvalue weighted by atomic mass is 32.1. The lowest BCUT2D eigenvalue weighted by molar-refractivity contribution is -0.254. The maximum atomic E-state index is 16.4. The van der Waals surface area contributed by atoms with Gasteiger partial charge in [-0.05, 0) is 68.1 Å². The summed E-state index contributed by atoms with van der Waals surface area (Å²) in [4.78, 5) is 2.56. The molecule has 0 unspecified atom stereocenters. The molecule has 10 heteroatoms. The van der Waals surface area contributed by atoms with Crippen LogP contribution in [0, 0.1) is 0 Å². The molecule has 0 nitrogen and oxygen atoms in total. The highest BCUT2D eigenvalue weighted by molar-refractivity contribution is 7.24. The topological polar surface area (TPSA) is 0 Å². The normalized spacial score (nSPS) is 17.0. The maximum absolute atomic E-state index is 16.4. The van der Waals surface area contributed by atoms with Gasteiger partial charge in [0.15, 0.2) is 0 Å². The van der Waals surface area contributed by atoms with Crippen LogP contribution in [0.1, 0.15) is 63.8 Å². The van der Waals surface area contributed by atoms with Crippen LogP contribution in [0.2, 0.25) is 0 Å². The number of halogens is 6. The second kappa shape index (κ2) is 12.3. The summed E-state index contributed by atoms with van der Waals surface area (Å²) in [6, 6.07) is 24.7. The average Bonchev–Trinajstić information content (AvgIpc) is 3.89. The minimum atomic E-state index is -5.68. The quantitative estimate of drug-likeness (QED) is 0.148. The van der Waals surface area contributed by atoms with Crippen molar-refractivity contribution >= 4 is 56.5 Å². The fraction of sp³-hybridized carbons (Fsp3) is 0.268. The van der Waals surface area contributed by atoms with Gasteiger partial charge < -0.3 is 0 Å². The summed E-state index contributed by atoms with van der Waals surface area (Å²) >= 11 is 4.74. The van der Waals surface area contributed by atoms with Crippen LogP contribution < -0.4 is 0 Å². The van der Waals surface area contributed by atoms with Gasteiger partial charge in [-0.25, -0.2) is 0 Å². The van der Waals surface area contributed by atoms with Gasteiger partial charge in [0.25, 0.3) is 0 Å². The van der Waals surface area contributed by atoms with Crippen LogP contribution in [0.25, 0.3) is 51.5 Å².